The van der Waals surface area contributed by atoms with Gasteiger partial charge in [-0.05, 0) is 30.4 Å². The average molecular weight is 380 g/mol. The van der Waals surface area contributed by atoms with Crippen LogP contribution in [0.2, 0.25) is 0 Å². The van der Waals surface area contributed by atoms with E-state index in [4.69, 9.17) is 0 Å². The lowest BCUT2D eigenvalue weighted by Crippen LogP contribution is -2.56. The van der Waals surface area contributed by atoms with Crippen LogP contribution in [0.5, 0.6) is 0 Å². The van der Waals surface area contributed by atoms with Crippen LogP contribution >= 0.6 is 0 Å². The average Bonchev–Trinajstić information content (AvgIpc) is 2.73. The second kappa shape index (κ2) is 10.6. The largest absolute Gasteiger partial charge is 0.356 e. The van der Waals surface area contributed by atoms with Gasteiger partial charge in [-0.25, -0.2) is 0 Å². The molecule has 1 heterocycles. The molecular weight excluding hydrogens is 350 g/mol. The lowest BCUT2D eigenvalue weighted by molar-refractivity contribution is -0.133. The molecule has 1 fully saturated rings. The third-order valence-electron chi connectivity index (χ3n) is 5.16. The van der Waals surface area contributed by atoms with E-state index in [9.17, 15) is 9.59 Å². The number of hydrogen-bond acceptors (Lipinski definition) is 3. The Morgan fingerprint density at radius 1 is 1.00 bits per heavy atom. The lowest BCUT2D eigenvalue weighted by atomic mass is 10.1. The molecule has 2 N–H and O–H groups in total. The van der Waals surface area contributed by atoms with E-state index in [0.717, 1.165) is 32.4 Å². The molecule has 5 nitrogen and oxygen atoms in total. The van der Waals surface area contributed by atoms with E-state index in [1.165, 1.54) is 11.1 Å². The van der Waals surface area contributed by atoms with E-state index in [2.05, 4.69) is 39.8 Å². The molecule has 0 bridgehead atoms. The molecule has 0 spiro atoms. The van der Waals surface area contributed by atoms with Gasteiger partial charge in [0, 0.05) is 26.2 Å². The number of carbonyl (C=O) groups excluding carboxylic acids is 2. The number of carbonyl (C=O) groups is 2. The molecule has 2 aromatic rings. The van der Waals surface area contributed by atoms with Crippen molar-refractivity contribution in [2.45, 2.75) is 31.7 Å². The molecule has 28 heavy (non-hydrogen) atoms. The molecule has 0 aromatic heterocycles. The maximum Gasteiger partial charge on any atom is 0.237 e. The topological polar surface area (TPSA) is 61.4 Å². The van der Waals surface area contributed by atoms with Crippen molar-refractivity contribution in [3.05, 3.63) is 71.8 Å². The van der Waals surface area contributed by atoms with Crippen LogP contribution in [0.3, 0.4) is 0 Å². The van der Waals surface area contributed by atoms with Crippen LogP contribution in [-0.2, 0) is 22.4 Å². The van der Waals surface area contributed by atoms with Gasteiger partial charge in [-0.2, -0.15) is 0 Å². The summed E-state index contributed by atoms with van der Waals surface area (Å²) in [7, 11) is 0. The van der Waals surface area contributed by atoms with Crippen molar-refractivity contribution >= 4 is 11.8 Å². The first-order valence-electron chi connectivity index (χ1n) is 10.1. The van der Waals surface area contributed by atoms with E-state index < -0.39 is 0 Å². The first-order chi connectivity index (χ1) is 13.7. The summed E-state index contributed by atoms with van der Waals surface area (Å²) in [5.74, 6) is -0.0985. The van der Waals surface area contributed by atoms with Gasteiger partial charge in [0.25, 0.3) is 0 Å². The zero-order chi connectivity index (χ0) is 19.6. The second-order valence-corrected chi connectivity index (χ2v) is 7.22. The number of rotatable bonds is 9. The number of benzene rings is 2. The summed E-state index contributed by atoms with van der Waals surface area (Å²) in [4.78, 5) is 26.8. The first-order valence-corrected chi connectivity index (χ1v) is 10.1. The van der Waals surface area contributed by atoms with Crippen LogP contribution < -0.4 is 10.6 Å². The maximum absolute atomic E-state index is 12.4. The SMILES string of the molecule is O=C(CC1C(=O)NCCN1CCc1ccccc1)NCCCc1ccccc1. The van der Waals surface area contributed by atoms with Crippen LogP contribution in [-0.4, -0.2) is 48.9 Å². The van der Waals surface area contributed by atoms with Crippen molar-refractivity contribution in [1.29, 1.82) is 0 Å². The van der Waals surface area contributed by atoms with Crippen LogP contribution in [0.4, 0.5) is 0 Å². The Hall–Kier alpha value is -2.66. The summed E-state index contributed by atoms with van der Waals surface area (Å²) >= 11 is 0. The first kappa shape index (κ1) is 20.1. The van der Waals surface area contributed by atoms with Gasteiger partial charge < -0.3 is 10.6 Å². The fourth-order valence-electron chi connectivity index (χ4n) is 3.58. The van der Waals surface area contributed by atoms with Crippen LogP contribution in [0.25, 0.3) is 0 Å². The molecule has 1 saturated heterocycles. The molecule has 0 radical (unpaired) electrons. The van der Waals surface area contributed by atoms with Gasteiger partial charge in [-0.1, -0.05) is 60.7 Å². The van der Waals surface area contributed by atoms with Gasteiger partial charge in [-0.15, -0.1) is 0 Å². The van der Waals surface area contributed by atoms with Crippen LogP contribution in [0.1, 0.15) is 24.0 Å². The highest BCUT2D eigenvalue weighted by atomic mass is 16.2. The molecule has 1 aliphatic heterocycles. The second-order valence-electron chi connectivity index (χ2n) is 7.22. The highest BCUT2D eigenvalue weighted by Crippen LogP contribution is 2.11. The molecule has 148 valence electrons. The van der Waals surface area contributed by atoms with Crippen molar-refractivity contribution in [2.75, 3.05) is 26.2 Å². The van der Waals surface area contributed by atoms with E-state index in [0.29, 0.717) is 13.1 Å². The fourth-order valence-corrected chi connectivity index (χ4v) is 3.58. The minimum atomic E-state index is -0.383. The molecule has 2 aromatic carbocycles. The smallest absolute Gasteiger partial charge is 0.237 e. The van der Waals surface area contributed by atoms with Gasteiger partial charge in [0.15, 0.2) is 0 Å². The fraction of sp³-hybridized carbons (Fsp3) is 0.391. The number of aryl methyl sites for hydroxylation is 1. The zero-order valence-corrected chi connectivity index (χ0v) is 16.3. The van der Waals surface area contributed by atoms with Gasteiger partial charge >= 0.3 is 0 Å². The van der Waals surface area contributed by atoms with E-state index in [1.54, 1.807) is 0 Å². The summed E-state index contributed by atoms with van der Waals surface area (Å²) in [6.07, 6.45) is 2.92. The number of amides is 2. The van der Waals surface area contributed by atoms with Crippen LogP contribution in [0.15, 0.2) is 60.7 Å². The monoisotopic (exact) mass is 379 g/mol. The quantitative estimate of drug-likeness (QED) is 0.657. The van der Waals surface area contributed by atoms with E-state index in [-0.39, 0.29) is 24.3 Å². The summed E-state index contributed by atoms with van der Waals surface area (Å²) in [5, 5.41) is 5.86. The minimum Gasteiger partial charge on any atom is -0.356 e. The van der Waals surface area contributed by atoms with Crippen molar-refractivity contribution in [3.63, 3.8) is 0 Å². The third kappa shape index (κ3) is 6.20. The Kier molecular flexibility index (Phi) is 7.62. The summed E-state index contributed by atoms with van der Waals surface area (Å²) < 4.78 is 0. The Morgan fingerprint density at radius 2 is 1.64 bits per heavy atom. The predicted octanol–water partition coefficient (Wildman–Crippen LogP) is 2.17. The number of nitrogens with zero attached hydrogens (tertiary/aromatic N) is 1. The van der Waals surface area contributed by atoms with Gasteiger partial charge in [0.05, 0.1) is 12.5 Å². The van der Waals surface area contributed by atoms with Crippen LogP contribution in [0, 0.1) is 0 Å². The predicted molar refractivity (Wildman–Crippen MR) is 111 cm³/mol. The summed E-state index contributed by atoms with van der Waals surface area (Å²) in [5.41, 5.74) is 2.52. The highest BCUT2D eigenvalue weighted by Gasteiger charge is 2.31. The molecule has 5 heteroatoms. The third-order valence-corrected chi connectivity index (χ3v) is 5.16. The molecule has 0 aliphatic carbocycles. The Labute approximate surface area is 167 Å². The van der Waals surface area contributed by atoms with Gasteiger partial charge in [0.2, 0.25) is 11.8 Å². The zero-order valence-electron chi connectivity index (χ0n) is 16.3. The van der Waals surface area contributed by atoms with Crippen molar-refractivity contribution in [3.8, 4) is 0 Å². The van der Waals surface area contributed by atoms with Gasteiger partial charge in [0.1, 0.15) is 0 Å². The molecule has 1 unspecified atom stereocenters. The molecular formula is C23H29N3O2. The van der Waals surface area contributed by atoms with Crippen molar-refractivity contribution in [2.24, 2.45) is 0 Å². The highest BCUT2D eigenvalue weighted by molar-refractivity contribution is 5.88. The number of piperazine rings is 1. The summed E-state index contributed by atoms with van der Waals surface area (Å²) in [6, 6.07) is 20.1. The molecule has 3 rings (SSSR count). The maximum atomic E-state index is 12.4. The number of nitrogens with one attached hydrogen (secondary N) is 2. The Bertz CT molecular complexity index is 749. The molecule has 0 saturated carbocycles. The normalized spacial score (nSPS) is 17.1. The molecule has 1 aliphatic rings. The molecule has 2 amide bonds. The van der Waals surface area contributed by atoms with E-state index >= 15 is 0 Å². The van der Waals surface area contributed by atoms with Gasteiger partial charge in [-0.3, -0.25) is 14.5 Å². The Morgan fingerprint density at radius 3 is 2.32 bits per heavy atom. The number of hydrogen-bond donors (Lipinski definition) is 2. The Balaban J connectivity index is 1.44. The van der Waals surface area contributed by atoms with Crippen molar-refractivity contribution < 1.29 is 9.59 Å². The lowest BCUT2D eigenvalue weighted by Gasteiger charge is -2.34. The van der Waals surface area contributed by atoms with Crippen molar-refractivity contribution in [1.82, 2.24) is 15.5 Å². The van der Waals surface area contributed by atoms with E-state index in [1.807, 2.05) is 36.4 Å². The summed E-state index contributed by atoms with van der Waals surface area (Å²) in [6.45, 7) is 2.84. The molecule has 1 atom stereocenters. The standard InChI is InChI=1S/C23H29N3O2/c27-22(24-14-7-12-19-8-3-1-4-9-19)18-21-23(28)25-15-17-26(21)16-13-20-10-5-2-6-11-20/h1-6,8-11,21H,7,12-18H2,(H,24,27)(H,25,28). The minimum absolute atomic E-state index is 0.0428.